The molecule has 1 unspecified atom stereocenters. The van der Waals surface area contributed by atoms with Crippen LogP contribution in [0.3, 0.4) is 0 Å². The topological polar surface area (TPSA) is 67.6 Å². The van der Waals surface area contributed by atoms with E-state index in [2.05, 4.69) is 46.6 Å². The van der Waals surface area contributed by atoms with Crippen LogP contribution in [0.1, 0.15) is 22.8 Å². The molecule has 1 aromatic rings. The molecule has 0 aliphatic rings. The predicted molar refractivity (Wildman–Crippen MR) is 90.7 cm³/mol. The third kappa shape index (κ3) is 5.10. The van der Waals surface area contributed by atoms with E-state index >= 15 is 0 Å². The molecule has 104 valence electrons. The van der Waals surface area contributed by atoms with E-state index in [0.717, 1.165) is 12.1 Å². The minimum absolute atomic E-state index is 0.403. The van der Waals surface area contributed by atoms with Gasteiger partial charge < -0.3 is 16.4 Å². The summed E-state index contributed by atoms with van der Waals surface area (Å²) in [4.78, 5) is 6.10. The number of amidine groups is 1. The second-order valence-electron chi connectivity index (χ2n) is 4.47. The SMILES string of the molecule is CCC(I)c1ccc(N=C(N)C=C(N)N(C)C)cc1. The van der Waals surface area contributed by atoms with Crippen LogP contribution in [0.5, 0.6) is 0 Å². The van der Waals surface area contributed by atoms with Crippen LogP contribution < -0.4 is 11.5 Å². The lowest BCUT2D eigenvalue weighted by Gasteiger charge is -2.11. The summed E-state index contributed by atoms with van der Waals surface area (Å²) in [6, 6.07) is 8.13. The van der Waals surface area contributed by atoms with E-state index in [-0.39, 0.29) is 0 Å². The molecule has 0 amide bonds. The standard InChI is InChI=1S/C14H21IN4/c1-4-12(15)10-5-7-11(8-6-10)18-13(16)9-14(17)19(2)3/h5-9,12H,4,17H2,1-3H3,(H2,16,18). The molecule has 0 radical (unpaired) electrons. The molecule has 4 N–H and O–H groups in total. The molecule has 0 fully saturated rings. The van der Waals surface area contributed by atoms with Gasteiger partial charge in [-0.3, -0.25) is 0 Å². The molecular weight excluding hydrogens is 351 g/mol. The highest BCUT2D eigenvalue weighted by Gasteiger charge is 2.03. The van der Waals surface area contributed by atoms with Gasteiger partial charge in [-0.15, -0.1) is 0 Å². The summed E-state index contributed by atoms with van der Waals surface area (Å²) in [7, 11) is 3.72. The van der Waals surface area contributed by atoms with E-state index in [1.54, 1.807) is 11.0 Å². The van der Waals surface area contributed by atoms with Gasteiger partial charge in [0.15, 0.2) is 0 Å². The molecule has 0 saturated heterocycles. The molecule has 4 nitrogen and oxygen atoms in total. The number of rotatable bonds is 5. The molecule has 1 atom stereocenters. The summed E-state index contributed by atoms with van der Waals surface area (Å²) in [5.74, 6) is 0.983. The molecule has 1 rings (SSSR count). The number of hydrogen-bond donors (Lipinski definition) is 2. The van der Waals surface area contributed by atoms with Gasteiger partial charge >= 0.3 is 0 Å². The molecule has 0 aliphatic carbocycles. The Morgan fingerprint density at radius 1 is 1.32 bits per heavy atom. The highest BCUT2D eigenvalue weighted by molar-refractivity contribution is 14.1. The van der Waals surface area contributed by atoms with Gasteiger partial charge in [-0.05, 0) is 24.1 Å². The van der Waals surface area contributed by atoms with E-state index in [0.29, 0.717) is 15.6 Å². The van der Waals surface area contributed by atoms with Crippen LogP contribution in [0, 0.1) is 0 Å². The number of benzene rings is 1. The van der Waals surface area contributed by atoms with E-state index in [9.17, 15) is 0 Å². The minimum atomic E-state index is 0.403. The van der Waals surface area contributed by atoms with E-state index in [1.165, 1.54) is 5.56 Å². The molecule has 0 saturated carbocycles. The van der Waals surface area contributed by atoms with Gasteiger partial charge in [0.2, 0.25) is 0 Å². The van der Waals surface area contributed by atoms with Crippen molar-refractivity contribution in [3.8, 4) is 0 Å². The van der Waals surface area contributed by atoms with Crippen LogP contribution in [0.15, 0.2) is 41.2 Å². The molecular formula is C14H21IN4. The Morgan fingerprint density at radius 3 is 2.37 bits per heavy atom. The largest absolute Gasteiger partial charge is 0.385 e. The molecule has 0 spiro atoms. The third-order valence-corrected chi connectivity index (χ3v) is 4.28. The van der Waals surface area contributed by atoms with Gasteiger partial charge in [-0.25, -0.2) is 4.99 Å². The number of alkyl halides is 1. The first-order valence-corrected chi connectivity index (χ1v) is 7.41. The van der Waals surface area contributed by atoms with Crippen LogP contribution >= 0.6 is 22.6 Å². The maximum atomic E-state index is 5.83. The highest BCUT2D eigenvalue weighted by Crippen LogP contribution is 2.27. The Kier molecular flexibility index (Phi) is 6.14. The van der Waals surface area contributed by atoms with Crippen molar-refractivity contribution in [3.63, 3.8) is 0 Å². The molecule has 0 aromatic heterocycles. The normalized spacial score (nSPS) is 14.3. The van der Waals surface area contributed by atoms with E-state index in [4.69, 9.17) is 11.5 Å². The summed E-state index contributed by atoms with van der Waals surface area (Å²) in [6.45, 7) is 2.18. The molecule has 5 heteroatoms. The van der Waals surface area contributed by atoms with Crippen LogP contribution in [0.2, 0.25) is 0 Å². The zero-order valence-electron chi connectivity index (χ0n) is 11.6. The summed E-state index contributed by atoms with van der Waals surface area (Å²) < 4.78 is 0.539. The minimum Gasteiger partial charge on any atom is -0.385 e. The van der Waals surface area contributed by atoms with Crippen molar-refractivity contribution in [3.05, 3.63) is 41.7 Å². The molecule has 1 aromatic carbocycles. The Balaban J connectivity index is 2.85. The fraction of sp³-hybridized carbons (Fsp3) is 0.357. The zero-order valence-corrected chi connectivity index (χ0v) is 13.8. The van der Waals surface area contributed by atoms with Crippen molar-refractivity contribution in [2.75, 3.05) is 14.1 Å². The predicted octanol–water partition coefficient (Wildman–Crippen LogP) is 2.92. The fourth-order valence-electron chi connectivity index (χ4n) is 1.46. The third-order valence-electron chi connectivity index (χ3n) is 2.68. The van der Waals surface area contributed by atoms with Crippen molar-refractivity contribution in [1.82, 2.24) is 4.90 Å². The van der Waals surface area contributed by atoms with Crippen LogP contribution in [-0.4, -0.2) is 24.8 Å². The molecule has 19 heavy (non-hydrogen) atoms. The second kappa shape index (κ2) is 7.37. The molecule has 0 aliphatic heterocycles. The summed E-state index contributed by atoms with van der Waals surface area (Å²) in [5, 5.41) is 0. The lowest BCUT2D eigenvalue weighted by molar-refractivity contribution is 0.506. The lowest BCUT2D eigenvalue weighted by atomic mass is 10.1. The number of halogens is 1. The van der Waals surface area contributed by atoms with Crippen LogP contribution in [0.25, 0.3) is 0 Å². The second-order valence-corrected chi connectivity index (χ2v) is 5.97. The highest BCUT2D eigenvalue weighted by atomic mass is 127. The zero-order chi connectivity index (χ0) is 14.4. The number of aliphatic imine (C=N–C) groups is 1. The van der Waals surface area contributed by atoms with Crippen LogP contribution in [-0.2, 0) is 0 Å². The van der Waals surface area contributed by atoms with Crippen molar-refractivity contribution in [1.29, 1.82) is 0 Å². The van der Waals surface area contributed by atoms with Gasteiger partial charge in [0.1, 0.15) is 11.7 Å². The first-order chi connectivity index (χ1) is 8.93. The van der Waals surface area contributed by atoms with Crippen LogP contribution in [0.4, 0.5) is 5.69 Å². The van der Waals surface area contributed by atoms with Gasteiger partial charge in [0.05, 0.1) is 5.69 Å². The number of nitrogens with two attached hydrogens (primary N) is 2. The number of hydrogen-bond acceptors (Lipinski definition) is 3. The van der Waals surface area contributed by atoms with Gasteiger partial charge in [-0.1, -0.05) is 41.6 Å². The quantitative estimate of drug-likeness (QED) is 0.362. The average molecular weight is 372 g/mol. The summed E-state index contributed by atoms with van der Waals surface area (Å²) in [6.07, 6.45) is 2.77. The smallest absolute Gasteiger partial charge is 0.127 e. The van der Waals surface area contributed by atoms with E-state index in [1.807, 2.05) is 26.2 Å². The maximum absolute atomic E-state index is 5.83. The Labute approximate surface area is 128 Å². The Hall–Kier alpha value is -1.24. The number of nitrogens with zero attached hydrogens (tertiary/aromatic N) is 2. The maximum Gasteiger partial charge on any atom is 0.127 e. The van der Waals surface area contributed by atoms with Crippen molar-refractivity contribution in [2.24, 2.45) is 16.5 Å². The first-order valence-electron chi connectivity index (χ1n) is 6.16. The van der Waals surface area contributed by atoms with Crippen molar-refractivity contribution >= 4 is 34.1 Å². The van der Waals surface area contributed by atoms with Gasteiger partial charge in [0.25, 0.3) is 0 Å². The molecule has 0 heterocycles. The van der Waals surface area contributed by atoms with Gasteiger partial charge in [0, 0.05) is 24.1 Å². The van der Waals surface area contributed by atoms with Crippen molar-refractivity contribution in [2.45, 2.75) is 17.3 Å². The fourth-order valence-corrected chi connectivity index (χ4v) is 1.87. The van der Waals surface area contributed by atoms with Gasteiger partial charge in [-0.2, -0.15) is 0 Å². The lowest BCUT2D eigenvalue weighted by Crippen LogP contribution is -2.21. The molecule has 0 bridgehead atoms. The van der Waals surface area contributed by atoms with E-state index < -0.39 is 0 Å². The summed E-state index contributed by atoms with van der Waals surface area (Å²) in [5.41, 5.74) is 13.8. The average Bonchev–Trinajstić information content (AvgIpc) is 2.38. The van der Waals surface area contributed by atoms with Crippen molar-refractivity contribution < 1.29 is 0 Å². The Bertz CT molecular complexity index is 463. The summed E-state index contributed by atoms with van der Waals surface area (Å²) >= 11 is 2.44. The monoisotopic (exact) mass is 372 g/mol. The first kappa shape index (κ1) is 15.8. The Morgan fingerprint density at radius 2 is 1.89 bits per heavy atom.